The lowest BCUT2D eigenvalue weighted by atomic mass is 9.97. The third kappa shape index (κ3) is 4.11. The Morgan fingerprint density at radius 3 is 2.91 bits per heavy atom. The maximum absolute atomic E-state index is 6.38. The van der Waals surface area contributed by atoms with E-state index in [0.29, 0.717) is 12.1 Å². The molecule has 2 aliphatic heterocycles. The van der Waals surface area contributed by atoms with Gasteiger partial charge < -0.3 is 14.8 Å². The van der Waals surface area contributed by atoms with Crippen molar-refractivity contribution in [2.45, 2.75) is 50.7 Å². The van der Waals surface area contributed by atoms with Crippen molar-refractivity contribution in [3.05, 3.63) is 23.8 Å². The summed E-state index contributed by atoms with van der Waals surface area (Å²) in [6, 6.07) is 6.87. The molecule has 1 N–H and O–H groups in total. The number of piperidine rings is 1. The largest absolute Gasteiger partial charge is 0.493 e. The third-order valence-electron chi connectivity index (χ3n) is 4.56. The zero-order chi connectivity index (χ0) is 15.2. The average Bonchev–Trinajstić information content (AvgIpc) is 2.58. The van der Waals surface area contributed by atoms with Crippen LogP contribution >= 0.6 is 11.8 Å². The van der Waals surface area contributed by atoms with Gasteiger partial charge in [0.05, 0.1) is 7.11 Å². The van der Waals surface area contributed by atoms with E-state index in [2.05, 4.69) is 17.4 Å². The monoisotopic (exact) mass is 321 g/mol. The van der Waals surface area contributed by atoms with Crippen LogP contribution in [0, 0.1) is 0 Å². The van der Waals surface area contributed by atoms with Crippen molar-refractivity contribution in [1.82, 2.24) is 5.32 Å². The molecule has 4 heteroatoms. The highest BCUT2D eigenvalue weighted by molar-refractivity contribution is 7.99. The molecule has 2 fully saturated rings. The SMILES string of the molecule is COc1cccc(CC2CCCCN2)c1OC1CCCSC1. The Morgan fingerprint density at radius 2 is 2.18 bits per heavy atom. The Labute approximate surface area is 138 Å². The minimum atomic E-state index is 0.327. The van der Waals surface area contributed by atoms with Crippen LogP contribution in [0.3, 0.4) is 0 Å². The van der Waals surface area contributed by atoms with Crippen LogP contribution < -0.4 is 14.8 Å². The van der Waals surface area contributed by atoms with E-state index in [0.717, 1.165) is 36.6 Å². The van der Waals surface area contributed by atoms with Gasteiger partial charge in [0.1, 0.15) is 6.10 Å². The number of nitrogens with one attached hydrogen (secondary N) is 1. The van der Waals surface area contributed by atoms with Crippen LogP contribution in [0.4, 0.5) is 0 Å². The molecule has 2 saturated heterocycles. The number of hydrogen-bond donors (Lipinski definition) is 1. The summed E-state index contributed by atoms with van der Waals surface area (Å²) in [5.41, 5.74) is 1.29. The lowest BCUT2D eigenvalue weighted by Gasteiger charge is -2.27. The van der Waals surface area contributed by atoms with E-state index in [9.17, 15) is 0 Å². The van der Waals surface area contributed by atoms with Gasteiger partial charge >= 0.3 is 0 Å². The molecule has 3 nitrogen and oxygen atoms in total. The van der Waals surface area contributed by atoms with Crippen LogP contribution in [0.1, 0.15) is 37.7 Å². The molecular weight excluding hydrogens is 294 g/mol. The molecule has 1 aromatic rings. The smallest absolute Gasteiger partial charge is 0.164 e. The Hall–Kier alpha value is -0.870. The van der Waals surface area contributed by atoms with E-state index >= 15 is 0 Å². The van der Waals surface area contributed by atoms with Crippen molar-refractivity contribution in [3.63, 3.8) is 0 Å². The number of thioether (sulfide) groups is 1. The van der Waals surface area contributed by atoms with Crippen LogP contribution in [-0.2, 0) is 6.42 Å². The van der Waals surface area contributed by atoms with E-state index in [4.69, 9.17) is 9.47 Å². The topological polar surface area (TPSA) is 30.5 Å². The first kappa shape index (κ1) is 16.0. The number of benzene rings is 1. The molecule has 0 bridgehead atoms. The van der Waals surface area contributed by atoms with Gasteiger partial charge in [0.15, 0.2) is 11.5 Å². The molecule has 0 radical (unpaired) electrons. The summed E-state index contributed by atoms with van der Waals surface area (Å²) in [5.74, 6) is 4.22. The van der Waals surface area contributed by atoms with Crippen LogP contribution in [0.5, 0.6) is 11.5 Å². The summed E-state index contributed by atoms with van der Waals surface area (Å²) in [7, 11) is 1.74. The molecule has 0 amide bonds. The molecule has 2 atom stereocenters. The summed E-state index contributed by atoms with van der Waals surface area (Å²) >= 11 is 2.00. The van der Waals surface area contributed by atoms with Crippen molar-refractivity contribution < 1.29 is 9.47 Å². The van der Waals surface area contributed by atoms with Crippen LogP contribution in [0.25, 0.3) is 0 Å². The molecule has 22 heavy (non-hydrogen) atoms. The van der Waals surface area contributed by atoms with Crippen LogP contribution in [-0.4, -0.2) is 37.3 Å². The molecule has 122 valence electrons. The zero-order valence-corrected chi connectivity index (χ0v) is 14.3. The first-order valence-corrected chi connectivity index (χ1v) is 9.66. The highest BCUT2D eigenvalue weighted by Gasteiger charge is 2.21. The Bertz CT molecular complexity index is 468. The number of methoxy groups -OCH3 is 1. The molecule has 0 spiro atoms. The van der Waals surface area contributed by atoms with Crippen molar-refractivity contribution >= 4 is 11.8 Å². The van der Waals surface area contributed by atoms with Gasteiger partial charge in [0.2, 0.25) is 0 Å². The predicted octanol–water partition coefficient (Wildman–Crippen LogP) is 3.65. The average molecular weight is 321 g/mol. The van der Waals surface area contributed by atoms with Crippen molar-refractivity contribution in [3.8, 4) is 11.5 Å². The van der Waals surface area contributed by atoms with E-state index in [1.54, 1.807) is 7.11 Å². The fourth-order valence-electron chi connectivity index (χ4n) is 3.35. The van der Waals surface area contributed by atoms with Crippen LogP contribution in [0.2, 0.25) is 0 Å². The van der Waals surface area contributed by atoms with E-state index in [1.165, 1.54) is 37.0 Å². The Balaban J connectivity index is 1.75. The molecular formula is C18H27NO2S. The summed E-state index contributed by atoms with van der Waals surface area (Å²) in [6.45, 7) is 1.14. The fraction of sp³-hybridized carbons (Fsp3) is 0.667. The summed E-state index contributed by atoms with van der Waals surface area (Å²) in [6.07, 6.45) is 7.67. The highest BCUT2D eigenvalue weighted by atomic mass is 32.2. The standard InChI is InChI=1S/C18H27NO2S/c1-20-17-9-4-6-14(12-15-7-2-3-10-19-15)18(17)21-16-8-5-11-22-13-16/h4,6,9,15-16,19H,2-3,5,7-8,10-13H2,1H3. The summed E-state index contributed by atoms with van der Waals surface area (Å²) in [5, 5.41) is 3.64. The first-order valence-electron chi connectivity index (χ1n) is 8.50. The van der Waals surface area contributed by atoms with Gasteiger partial charge in [0.25, 0.3) is 0 Å². The summed E-state index contributed by atoms with van der Waals surface area (Å²) < 4.78 is 11.9. The minimum Gasteiger partial charge on any atom is -0.493 e. The quantitative estimate of drug-likeness (QED) is 0.896. The van der Waals surface area contributed by atoms with Crippen LogP contribution in [0.15, 0.2) is 18.2 Å². The van der Waals surface area contributed by atoms with Gasteiger partial charge in [-0.1, -0.05) is 18.6 Å². The molecule has 1 aromatic carbocycles. The molecule has 2 aliphatic rings. The first-order chi connectivity index (χ1) is 10.9. The molecule has 3 rings (SSSR count). The van der Waals surface area contributed by atoms with Crippen molar-refractivity contribution in [2.24, 2.45) is 0 Å². The van der Waals surface area contributed by atoms with E-state index in [1.807, 2.05) is 17.8 Å². The number of para-hydroxylation sites is 1. The molecule has 2 heterocycles. The maximum atomic E-state index is 6.38. The van der Waals surface area contributed by atoms with Gasteiger partial charge in [-0.25, -0.2) is 0 Å². The molecule has 2 unspecified atom stereocenters. The lowest BCUT2D eigenvalue weighted by molar-refractivity contribution is 0.199. The fourth-order valence-corrected chi connectivity index (χ4v) is 4.39. The molecule has 0 aliphatic carbocycles. The van der Waals surface area contributed by atoms with E-state index in [-0.39, 0.29) is 0 Å². The Kier molecular flexibility index (Phi) is 5.90. The summed E-state index contributed by atoms with van der Waals surface area (Å²) in [4.78, 5) is 0. The predicted molar refractivity (Wildman–Crippen MR) is 93.3 cm³/mol. The molecule has 0 aromatic heterocycles. The second kappa shape index (κ2) is 8.11. The number of hydrogen-bond acceptors (Lipinski definition) is 4. The zero-order valence-electron chi connectivity index (χ0n) is 13.5. The van der Waals surface area contributed by atoms with Gasteiger partial charge in [-0.2, -0.15) is 11.8 Å². The normalized spacial score (nSPS) is 25.7. The lowest BCUT2D eigenvalue weighted by Crippen LogP contribution is -2.35. The van der Waals surface area contributed by atoms with Gasteiger partial charge in [-0.15, -0.1) is 0 Å². The Morgan fingerprint density at radius 1 is 1.23 bits per heavy atom. The van der Waals surface area contributed by atoms with Gasteiger partial charge in [-0.3, -0.25) is 0 Å². The van der Waals surface area contributed by atoms with Crippen molar-refractivity contribution in [1.29, 1.82) is 0 Å². The third-order valence-corrected chi connectivity index (χ3v) is 5.75. The molecule has 0 saturated carbocycles. The number of rotatable bonds is 5. The minimum absolute atomic E-state index is 0.327. The maximum Gasteiger partial charge on any atom is 0.164 e. The van der Waals surface area contributed by atoms with E-state index < -0.39 is 0 Å². The second-order valence-corrected chi connectivity index (χ2v) is 7.41. The van der Waals surface area contributed by atoms with Gasteiger partial charge in [0, 0.05) is 11.8 Å². The van der Waals surface area contributed by atoms with Gasteiger partial charge in [-0.05, 0) is 56.0 Å². The second-order valence-electron chi connectivity index (χ2n) is 6.26. The van der Waals surface area contributed by atoms with Crippen molar-refractivity contribution in [2.75, 3.05) is 25.2 Å². The number of ether oxygens (including phenoxy) is 2. The highest BCUT2D eigenvalue weighted by Crippen LogP contribution is 2.35.